The quantitative estimate of drug-likeness (QED) is 0.636. The van der Waals surface area contributed by atoms with Gasteiger partial charge in [0.15, 0.2) is 0 Å². The molecule has 0 unspecified atom stereocenters. The second-order valence-corrected chi connectivity index (χ2v) is 5.59. The van der Waals surface area contributed by atoms with Gasteiger partial charge in [0.2, 0.25) is 0 Å². The number of thiophene rings is 1. The van der Waals surface area contributed by atoms with Gasteiger partial charge >= 0.3 is 0 Å². The summed E-state index contributed by atoms with van der Waals surface area (Å²) in [6, 6.07) is 2.16. The maximum atomic E-state index is 6.00. The number of hydrogen-bond donors (Lipinski definition) is 1. The standard InChI is InChI=1S/C11H11ClS2/c12-9-4-2-1-3-8-7-11(13)14-10(8)6-5-9/h4-7,13H,1-3H2/b6-5-,9-4+. The Labute approximate surface area is 98.7 Å². The first-order valence-corrected chi connectivity index (χ1v) is 6.25. The number of hydrogen-bond acceptors (Lipinski definition) is 2. The van der Waals surface area contributed by atoms with Gasteiger partial charge in [-0.2, -0.15) is 0 Å². The Morgan fingerprint density at radius 3 is 3.07 bits per heavy atom. The van der Waals surface area contributed by atoms with Gasteiger partial charge < -0.3 is 0 Å². The number of thiol groups is 1. The minimum atomic E-state index is 0.840. The lowest BCUT2D eigenvalue weighted by Crippen LogP contribution is -1.82. The third-order valence-electron chi connectivity index (χ3n) is 2.21. The Bertz CT molecular complexity index is 388. The Balaban J connectivity index is 2.36. The zero-order chi connectivity index (χ0) is 9.97. The number of rotatable bonds is 0. The number of aryl methyl sites for hydroxylation is 1. The molecule has 14 heavy (non-hydrogen) atoms. The summed E-state index contributed by atoms with van der Waals surface area (Å²) in [6.45, 7) is 0. The highest BCUT2D eigenvalue weighted by Crippen LogP contribution is 2.29. The highest BCUT2D eigenvalue weighted by atomic mass is 35.5. The van der Waals surface area contributed by atoms with Crippen LogP contribution in [0.2, 0.25) is 0 Å². The molecule has 0 fully saturated rings. The summed E-state index contributed by atoms with van der Waals surface area (Å²) in [6.07, 6.45) is 9.47. The van der Waals surface area contributed by atoms with E-state index >= 15 is 0 Å². The van der Waals surface area contributed by atoms with Crippen LogP contribution in [0.5, 0.6) is 0 Å². The van der Waals surface area contributed by atoms with E-state index in [1.54, 1.807) is 11.3 Å². The third kappa shape index (κ3) is 2.44. The lowest BCUT2D eigenvalue weighted by molar-refractivity contribution is 0.844. The normalized spacial score (nSPS) is 22.6. The van der Waals surface area contributed by atoms with Gasteiger partial charge in [0.05, 0.1) is 4.21 Å². The molecule has 0 radical (unpaired) electrons. The van der Waals surface area contributed by atoms with Gasteiger partial charge in [0.25, 0.3) is 0 Å². The van der Waals surface area contributed by atoms with Crippen LogP contribution in [0.1, 0.15) is 23.3 Å². The Kier molecular flexibility index (Phi) is 3.37. The topological polar surface area (TPSA) is 0 Å². The van der Waals surface area contributed by atoms with Crippen LogP contribution in [-0.2, 0) is 6.42 Å². The maximum Gasteiger partial charge on any atom is 0.0577 e. The van der Waals surface area contributed by atoms with E-state index in [2.05, 4.69) is 30.8 Å². The smallest absolute Gasteiger partial charge is 0.0577 e. The van der Waals surface area contributed by atoms with Crippen molar-refractivity contribution in [2.24, 2.45) is 0 Å². The molecular formula is C11H11ClS2. The van der Waals surface area contributed by atoms with E-state index in [0.717, 1.165) is 28.5 Å². The van der Waals surface area contributed by atoms with Crippen LogP contribution < -0.4 is 0 Å². The molecule has 1 aromatic heterocycles. The third-order valence-corrected chi connectivity index (χ3v) is 3.84. The van der Waals surface area contributed by atoms with Gasteiger partial charge in [-0.3, -0.25) is 0 Å². The van der Waals surface area contributed by atoms with Gasteiger partial charge in [0, 0.05) is 9.91 Å². The molecule has 0 bridgehead atoms. The summed E-state index contributed by atoms with van der Waals surface area (Å²) in [5.74, 6) is 0. The molecular weight excluding hydrogens is 232 g/mol. The first-order valence-electron chi connectivity index (χ1n) is 4.61. The first kappa shape index (κ1) is 10.3. The average Bonchev–Trinajstić information content (AvgIpc) is 2.51. The Morgan fingerprint density at radius 2 is 2.21 bits per heavy atom. The molecule has 74 valence electrons. The van der Waals surface area contributed by atoms with Crippen molar-refractivity contribution >= 4 is 41.6 Å². The van der Waals surface area contributed by atoms with Gasteiger partial charge in [-0.15, -0.1) is 24.0 Å². The summed E-state index contributed by atoms with van der Waals surface area (Å²) in [5.41, 5.74) is 1.40. The maximum absolute atomic E-state index is 6.00. The summed E-state index contributed by atoms with van der Waals surface area (Å²) in [4.78, 5) is 1.29. The molecule has 0 spiro atoms. The number of allylic oxidation sites excluding steroid dienone is 3. The van der Waals surface area contributed by atoms with Crippen molar-refractivity contribution in [1.29, 1.82) is 0 Å². The Morgan fingerprint density at radius 1 is 1.36 bits per heavy atom. The van der Waals surface area contributed by atoms with E-state index in [1.165, 1.54) is 10.4 Å². The van der Waals surface area contributed by atoms with E-state index in [0.29, 0.717) is 0 Å². The molecule has 0 saturated carbocycles. The predicted molar refractivity (Wildman–Crippen MR) is 67.5 cm³/mol. The molecule has 0 nitrogen and oxygen atoms in total. The zero-order valence-electron chi connectivity index (χ0n) is 7.66. The van der Waals surface area contributed by atoms with Gasteiger partial charge in [-0.1, -0.05) is 17.7 Å². The monoisotopic (exact) mass is 242 g/mol. The average molecular weight is 243 g/mol. The van der Waals surface area contributed by atoms with Crippen molar-refractivity contribution in [3.63, 3.8) is 0 Å². The second kappa shape index (κ2) is 4.56. The van der Waals surface area contributed by atoms with Crippen LogP contribution in [0.25, 0.3) is 6.08 Å². The van der Waals surface area contributed by atoms with Crippen LogP contribution in [-0.4, -0.2) is 0 Å². The fraction of sp³-hybridized carbons (Fsp3) is 0.273. The molecule has 2 rings (SSSR count). The van der Waals surface area contributed by atoms with E-state index in [9.17, 15) is 0 Å². The van der Waals surface area contributed by atoms with Crippen LogP contribution >= 0.6 is 35.6 Å². The van der Waals surface area contributed by atoms with Crippen molar-refractivity contribution < 1.29 is 0 Å². The molecule has 0 aromatic carbocycles. The molecule has 1 aliphatic rings. The van der Waals surface area contributed by atoms with Crippen LogP contribution in [0.3, 0.4) is 0 Å². The predicted octanol–water partition coefficient (Wildman–Crippen LogP) is 4.51. The van der Waals surface area contributed by atoms with Crippen molar-refractivity contribution in [3.8, 4) is 0 Å². The van der Waals surface area contributed by atoms with Gasteiger partial charge in [-0.25, -0.2) is 0 Å². The summed E-state index contributed by atoms with van der Waals surface area (Å²) < 4.78 is 1.08. The first-order chi connectivity index (χ1) is 6.75. The molecule has 0 N–H and O–H groups in total. The molecule has 1 aliphatic carbocycles. The van der Waals surface area contributed by atoms with Crippen molar-refractivity contribution in [2.45, 2.75) is 23.5 Å². The number of halogens is 1. The minimum Gasteiger partial charge on any atom is -0.133 e. The van der Waals surface area contributed by atoms with Gasteiger partial charge in [-0.05, 0) is 43.0 Å². The molecule has 3 heteroatoms. The van der Waals surface area contributed by atoms with E-state index in [1.807, 2.05) is 6.08 Å². The van der Waals surface area contributed by atoms with E-state index < -0.39 is 0 Å². The molecule has 1 heterocycles. The SMILES string of the molecule is Sc1cc2c(s1)/C=C\C(Cl)=C/CCC2. The van der Waals surface area contributed by atoms with Crippen molar-refractivity contribution in [1.82, 2.24) is 0 Å². The van der Waals surface area contributed by atoms with E-state index in [4.69, 9.17) is 11.6 Å². The van der Waals surface area contributed by atoms with E-state index in [-0.39, 0.29) is 0 Å². The Hall–Kier alpha value is -0.180. The minimum absolute atomic E-state index is 0.840. The fourth-order valence-electron chi connectivity index (χ4n) is 1.52. The van der Waals surface area contributed by atoms with Crippen LogP contribution in [0, 0.1) is 0 Å². The highest BCUT2D eigenvalue weighted by molar-refractivity contribution is 7.82. The van der Waals surface area contributed by atoms with Crippen molar-refractivity contribution in [2.75, 3.05) is 0 Å². The molecule has 0 amide bonds. The molecule has 0 saturated heterocycles. The number of fused-ring (bicyclic) bond motifs is 1. The second-order valence-electron chi connectivity index (χ2n) is 3.29. The largest absolute Gasteiger partial charge is 0.133 e. The van der Waals surface area contributed by atoms with Crippen LogP contribution in [0.4, 0.5) is 0 Å². The molecule has 1 aromatic rings. The summed E-state index contributed by atoms with van der Waals surface area (Å²) >= 11 is 12.1. The molecule has 0 aliphatic heterocycles. The lowest BCUT2D eigenvalue weighted by Gasteiger charge is -1.95. The lowest BCUT2D eigenvalue weighted by atomic mass is 10.1. The summed E-state index contributed by atoms with van der Waals surface area (Å²) in [5, 5.41) is 0.840. The fourth-order valence-corrected chi connectivity index (χ4v) is 3.00. The van der Waals surface area contributed by atoms with Crippen LogP contribution in [0.15, 0.2) is 27.5 Å². The van der Waals surface area contributed by atoms with Gasteiger partial charge in [0.1, 0.15) is 0 Å². The van der Waals surface area contributed by atoms with Crippen molar-refractivity contribution in [3.05, 3.63) is 33.7 Å². The zero-order valence-corrected chi connectivity index (χ0v) is 10.1. The summed E-state index contributed by atoms with van der Waals surface area (Å²) in [7, 11) is 0. The molecule has 0 atom stereocenters. The highest BCUT2D eigenvalue weighted by Gasteiger charge is 2.05.